The summed E-state index contributed by atoms with van der Waals surface area (Å²) in [5, 5.41) is 7.19. The number of amides is 1. The van der Waals surface area contributed by atoms with E-state index in [1.165, 1.54) is 12.3 Å². The van der Waals surface area contributed by atoms with Crippen molar-refractivity contribution in [2.75, 3.05) is 11.9 Å². The normalized spacial score (nSPS) is 11.3. The standard InChI is InChI=1S/C21H25N5O3/c1-4-6-16-19-20(26(3)25-16)21(28)24-17(23-19)13-14-7-9-15(10-8-14)22-18(27)11-12-29-5-2/h7-12H,4-6,13H2,1-3H3,(H,22,27)(H,23,24,28)/b12-11+. The summed E-state index contributed by atoms with van der Waals surface area (Å²) in [6.07, 6.45) is 4.89. The lowest BCUT2D eigenvalue weighted by molar-refractivity contribution is -0.112. The van der Waals surface area contributed by atoms with E-state index < -0.39 is 0 Å². The van der Waals surface area contributed by atoms with Crippen LogP contribution < -0.4 is 10.9 Å². The molecule has 29 heavy (non-hydrogen) atoms. The topological polar surface area (TPSA) is 102 Å². The second-order valence-corrected chi connectivity index (χ2v) is 6.65. The van der Waals surface area contributed by atoms with Crippen LogP contribution in [0.15, 0.2) is 41.4 Å². The number of carbonyl (C=O) groups is 1. The third-order valence-corrected chi connectivity index (χ3v) is 4.37. The van der Waals surface area contributed by atoms with Gasteiger partial charge in [0.25, 0.3) is 11.5 Å². The third kappa shape index (κ3) is 4.90. The van der Waals surface area contributed by atoms with Gasteiger partial charge in [0, 0.05) is 25.2 Å². The first kappa shape index (κ1) is 20.3. The third-order valence-electron chi connectivity index (χ3n) is 4.37. The van der Waals surface area contributed by atoms with Crippen LogP contribution in [0.3, 0.4) is 0 Å². The van der Waals surface area contributed by atoms with Gasteiger partial charge in [0.1, 0.15) is 11.3 Å². The maximum absolute atomic E-state index is 12.5. The maximum atomic E-state index is 12.5. The minimum Gasteiger partial charge on any atom is -0.501 e. The Kier molecular flexibility index (Phi) is 6.43. The summed E-state index contributed by atoms with van der Waals surface area (Å²) in [5.41, 5.74) is 3.46. The molecule has 0 fully saturated rings. The Bertz CT molecular complexity index is 1080. The van der Waals surface area contributed by atoms with Crippen LogP contribution in [-0.4, -0.2) is 32.3 Å². The van der Waals surface area contributed by atoms with Gasteiger partial charge in [-0.15, -0.1) is 0 Å². The van der Waals surface area contributed by atoms with E-state index in [4.69, 9.17) is 4.74 Å². The molecule has 2 N–H and O–H groups in total. The van der Waals surface area contributed by atoms with Crippen LogP contribution >= 0.6 is 0 Å². The van der Waals surface area contributed by atoms with Gasteiger partial charge in [0.2, 0.25) is 0 Å². The average molecular weight is 395 g/mol. The summed E-state index contributed by atoms with van der Waals surface area (Å²) in [5.74, 6) is 0.326. The molecular weight excluding hydrogens is 370 g/mol. The highest BCUT2D eigenvalue weighted by Gasteiger charge is 2.14. The van der Waals surface area contributed by atoms with Gasteiger partial charge in [-0.05, 0) is 31.0 Å². The highest BCUT2D eigenvalue weighted by molar-refractivity contribution is 5.99. The predicted octanol–water partition coefficient (Wildman–Crippen LogP) is 2.69. The van der Waals surface area contributed by atoms with Gasteiger partial charge in [-0.3, -0.25) is 14.3 Å². The van der Waals surface area contributed by atoms with E-state index in [1.54, 1.807) is 11.7 Å². The second-order valence-electron chi connectivity index (χ2n) is 6.65. The fraction of sp³-hybridized carbons (Fsp3) is 0.333. The van der Waals surface area contributed by atoms with Crippen LogP contribution in [0.4, 0.5) is 5.69 Å². The lowest BCUT2D eigenvalue weighted by atomic mass is 10.1. The smallest absolute Gasteiger partial charge is 0.277 e. The lowest BCUT2D eigenvalue weighted by Gasteiger charge is -2.05. The van der Waals surface area contributed by atoms with Crippen molar-refractivity contribution in [2.45, 2.75) is 33.1 Å². The molecule has 3 rings (SSSR count). The van der Waals surface area contributed by atoms with Crippen molar-refractivity contribution in [3.63, 3.8) is 0 Å². The largest absolute Gasteiger partial charge is 0.501 e. The Morgan fingerprint density at radius 1 is 1.28 bits per heavy atom. The first-order valence-corrected chi connectivity index (χ1v) is 9.64. The quantitative estimate of drug-likeness (QED) is 0.451. The minimum atomic E-state index is -0.261. The van der Waals surface area contributed by atoms with Crippen molar-refractivity contribution in [1.29, 1.82) is 0 Å². The van der Waals surface area contributed by atoms with Crippen molar-refractivity contribution in [3.8, 4) is 0 Å². The monoisotopic (exact) mass is 395 g/mol. The van der Waals surface area contributed by atoms with Gasteiger partial charge in [0.15, 0.2) is 5.52 Å². The summed E-state index contributed by atoms with van der Waals surface area (Å²) < 4.78 is 6.60. The van der Waals surface area contributed by atoms with Crippen LogP contribution in [0.1, 0.15) is 37.4 Å². The number of rotatable bonds is 8. The molecule has 8 heteroatoms. The first-order chi connectivity index (χ1) is 14.0. The Morgan fingerprint density at radius 3 is 2.72 bits per heavy atom. The Balaban J connectivity index is 1.76. The highest BCUT2D eigenvalue weighted by atomic mass is 16.5. The molecule has 3 aromatic rings. The number of aromatic amines is 1. The molecule has 0 atom stereocenters. The predicted molar refractivity (Wildman–Crippen MR) is 112 cm³/mol. The van der Waals surface area contributed by atoms with Crippen LogP contribution in [0.5, 0.6) is 0 Å². The molecule has 0 saturated carbocycles. The number of ether oxygens (including phenoxy) is 1. The number of fused-ring (bicyclic) bond motifs is 1. The fourth-order valence-electron chi connectivity index (χ4n) is 3.07. The summed E-state index contributed by atoms with van der Waals surface area (Å²) in [6.45, 7) is 4.43. The molecule has 8 nitrogen and oxygen atoms in total. The van der Waals surface area contributed by atoms with Crippen LogP contribution in [0.2, 0.25) is 0 Å². The molecule has 2 aromatic heterocycles. The molecule has 1 amide bonds. The molecule has 152 valence electrons. The number of nitrogens with zero attached hydrogens (tertiary/aromatic N) is 3. The lowest BCUT2D eigenvalue weighted by Crippen LogP contribution is -2.14. The molecule has 0 aliphatic heterocycles. The molecule has 1 aromatic carbocycles. The van der Waals surface area contributed by atoms with Gasteiger partial charge in [0.05, 0.1) is 18.6 Å². The van der Waals surface area contributed by atoms with E-state index in [0.717, 1.165) is 24.1 Å². The summed E-state index contributed by atoms with van der Waals surface area (Å²) >= 11 is 0. The van der Waals surface area contributed by atoms with E-state index >= 15 is 0 Å². The molecule has 0 unspecified atom stereocenters. The molecule has 0 radical (unpaired) electrons. The molecule has 0 aliphatic rings. The number of nitrogens with one attached hydrogen (secondary N) is 2. The van der Waals surface area contributed by atoms with E-state index in [0.29, 0.717) is 35.6 Å². The van der Waals surface area contributed by atoms with Crippen molar-refractivity contribution in [1.82, 2.24) is 19.7 Å². The van der Waals surface area contributed by atoms with Crippen molar-refractivity contribution in [3.05, 3.63) is 64.0 Å². The number of benzene rings is 1. The number of carbonyl (C=O) groups excluding carboxylic acids is 1. The number of hydrogen-bond donors (Lipinski definition) is 2. The molecule has 0 spiro atoms. The van der Waals surface area contributed by atoms with Crippen LogP contribution in [0, 0.1) is 0 Å². The number of anilines is 1. The zero-order chi connectivity index (χ0) is 20.8. The number of hydrogen-bond acceptors (Lipinski definition) is 5. The average Bonchev–Trinajstić information content (AvgIpc) is 3.00. The van der Waals surface area contributed by atoms with Gasteiger partial charge >= 0.3 is 0 Å². The summed E-state index contributed by atoms with van der Waals surface area (Å²) in [6, 6.07) is 7.40. The molecule has 0 aliphatic carbocycles. The van der Waals surface area contributed by atoms with Crippen molar-refractivity contribution >= 4 is 22.6 Å². The van der Waals surface area contributed by atoms with E-state index in [-0.39, 0.29) is 11.5 Å². The Morgan fingerprint density at radius 2 is 2.03 bits per heavy atom. The number of H-pyrrole nitrogens is 1. The van der Waals surface area contributed by atoms with E-state index in [1.807, 2.05) is 31.2 Å². The zero-order valence-electron chi connectivity index (χ0n) is 16.9. The Labute approximate surface area is 168 Å². The van der Waals surface area contributed by atoms with Gasteiger partial charge in [-0.2, -0.15) is 5.10 Å². The van der Waals surface area contributed by atoms with E-state index in [2.05, 4.69) is 27.3 Å². The molecule has 0 saturated heterocycles. The van der Waals surface area contributed by atoms with Crippen molar-refractivity contribution in [2.24, 2.45) is 7.05 Å². The highest BCUT2D eigenvalue weighted by Crippen LogP contribution is 2.16. The maximum Gasteiger partial charge on any atom is 0.277 e. The van der Waals surface area contributed by atoms with Gasteiger partial charge in [-0.1, -0.05) is 25.5 Å². The number of aromatic nitrogens is 4. The van der Waals surface area contributed by atoms with E-state index in [9.17, 15) is 9.59 Å². The molecular formula is C21H25N5O3. The SMILES string of the molecule is CCCc1nn(C)c2c(=O)[nH]c(Cc3ccc(NC(=O)/C=C/OCC)cc3)nc12. The van der Waals surface area contributed by atoms with Crippen molar-refractivity contribution < 1.29 is 9.53 Å². The first-order valence-electron chi connectivity index (χ1n) is 9.64. The fourth-order valence-corrected chi connectivity index (χ4v) is 3.07. The molecule has 0 bridgehead atoms. The summed E-state index contributed by atoms with van der Waals surface area (Å²) in [7, 11) is 1.76. The Hall–Kier alpha value is -3.42. The minimum absolute atomic E-state index is 0.188. The van der Waals surface area contributed by atoms with Crippen LogP contribution in [-0.2, 0) is 29.4 Å². The van der Waals surface area contributed by atoms with Crippen LogP contribution in [0.25, 0.3) is 11.0 Å². The number of aryl methyl sites for hydroxylation is 2. The second kappa shape index (κ2) is 9.18. The zero-order valence-corrected chi connectivity index (χ0v) is 16.9. The van der Waals surface area contributed by atoms with Gasteiger partial charge in [-0.25, -0.2) is 4.98 Å². The summed E-state index contributed by atoms with van der Waals surface area (Å²) in [4.78, 5) is 31.8. The molecule has 2 heterocycles. The van der Waals surface area contributed by atoms with Gasteiger partial charge < -0.3 is 15.0 Å².